The van der Waals surface area contributed by atoms with Crippen molar-refractivity contribution in [3.63, 3.8) is 0 Å². The Bertz CT molecular complexity index is 1200. The number of nitrogens with one attached hydrogen (secondary N) is 4. The topological polar surface area (TPSA) is 253 Å². The smallest absolute Gasteiger partial charge is 0.326 e. The van der Waals surface area contributed by atoms with Crippen molar-refractivity contribution in [1.29, 1.82) is 0 Å². The Kier molecular flexibility index (Phi) is 11.1. The predicted octanol–water partition coefficient (Wildman–Crippen LogP) is -2.35. The van der Waals surface area contributed by atoms with Gasteiger partial charge in [-0.15, -0.1) is 0 Å². The fourth-order valence-electron chi connectivity index (χ4n) is 3.60. The van der Waals surface area contributed by atoms with Crippen LogP contribution in [0.1, 0.15) is 24.8 Å². The summed E-state index contributed by atoms with van der Waals surface area (Å²) in [5.41, 5.74) is 17.9. The second kappa shape index (κ2) is 14.0. The summed E-state index contributed by atoms with van der Waals surface area (Å²) < 4.78 is 0. The molecule has 2 rings (SSSR count). The molecule has 5 amide bonds. The molecule has 206 valence electrons. The van der Waals surface area contributed by atoms with Gasteiger partial charge in [0.05, 0.1) is 12.5 Å². The first-order chi connectivity index (χ1) is 17.9. The van der Waals surface area contributed by atoms with Crippen molar-refractivity contribution < 1.29 is 33.9 Å². The number of aromatic nitrogens is 1. The van der Waals surface area contributed by atoms with Gasteiger partial charge in [0.25, 0.3) is 0 Å². The molecule has 0 bridgehead atoms. The summed E-state index contributed by atoms with van der Waals surface area (Å²) in [4.78, 5) is 75.1. The van der Waals surface area contributed by atoms with E-state index in [1.54, 1.807) is 6.20 Å². The number of aromatic amines is 1. The fourth-order valence-corrected chi connectivity index (χ4v) is 3.86. The lowest BCUT2D eigenvalue weighted by Crippen LogP contribution is -2.58. The first-order valence-corrected chi connectivity index (χ1v) is 12.2. The summed E-state index contributed by atoms with van der Waals surface area (Å²) in [6.07, 6.45) is 0.631. The van der Waals surface area contributed by atoms with E-state index in [-0.39, 0.29) is 25.0 Å². The summed E-state index contributed by atoms with van der Waals surface area (Å²) in [6, 6.07) is 2.17. The Morgan fingerprint density at radius 2 is 1.50 bits per heavy atom. The Morgan fingerprint density at radius 1 is 0.895 bits per heavy atom. The molecular formula is C23H31N7O7S. The lowest BCUT2D eigenvalue weighted by molar-refractivity contribution is -0.144. The van der Waals surface area contributed by atoms with E-state index in [2.05, 4.69) is 33.6 Å². The number of primary amides is 2. The molecule has 15 heteroatoms. The largest absolute Gasteiger partial charge is 0.480 e. The molecule has 4 unspecified atom stereocenters. The number of thiol groups is 1. The zero-order valence-corrected chi connectivity index (χ0v) is 21.2. The second-order valence-electron chi connectivity index (χ2n) is 8.55. The number of benzene rings is 1. The van der Waals surface area contributed by atoms with Gasteiger partial charge in [-0.3, -0.25) is 24.0 Å². The number of para-hydroxylation sites is 1. The van der Waals surface area contributed by atoms with E-state index < -0.39 is 66.1 Å². The van der Waals surface area contributed by atoms with E-state index >= 15 is 0 Å². The third kappa shape index (κ3) is 8.77. The lowest BCUT2D eigenvalue weighted by Gasteiger charge is -2.24. The highest BCUT2D eigenvalue weighted by Crippen LogP contribution is 2.18. The number of fused-ring (bicyclic) bond motifs is 1. The molecule has 1 heterocycles. The molecule has 1 aromatic carbocycles. The molecule has 0 saturated carbocycles. The summed E-state index contributed by atoms with van der Waals surface area (Å²) in [5.74, 6) is -5.91. The highest BCUT2D eigenvalue weighted by molar-refractivity contribution is 7.80. The molecule has 2 aromatic rings. The fraction of sp³-hybridized carbons (Fsp3) is 0.391. The zero-order chi connectivity index (χ0) is 28.4. The minimum Gasteiger partial charge on any atom is -0.480 e. The third-order valence-electron chi connectivity index (χ3n) is 5.60. The third-order valence-corrected chi connectivity index (χ3v) is 5.96. The van der Waals surface area contributed by atoms with E-state index in [9.17, 15) is 33.9 Å². The maximum absolute atomic E-state index is 12.9. The van der Waals surface area contributed by atoms with Crippen LogP contribution in [0.2, 0.25) is 0 Å². The summed E-state index contributed by atoms with van der Waals surface area (Å²) in [7, 11) is 0. The molecule has 0 aliphatic carbocycles. The van der Waals surface area contributed by atoms with Gasteiger partial charge in [0, 0.05) is 29.3 Å². The normalized spacial score (nSPS) is 14.1. The summed E-state index contributed by atoms with van der Waals surface area (Å²) >= 11 is 4.09. The van der Waals surface area contributed by atoms with Crippen LogP contribution in [-0.4, -0.2) is 75.5 Å². The number of rotatable bonds is 15. The van der Waals surface area contributed by atoms with Gasteiger partial charge >= 0.3 is 5.97 Å². The summed E-state index contributed by atoms with van der Waals surface area (Å²) in [6.45, 7) is 0. The van der Waals surface area contributed by atoms with Gasteiger partial charge < -0.3 is 43.2 Å². The first kappa shape index (κ1) is 30.1. The minimum absolute atomic E-state index is 0.166. The monoisotopic (exact) mass is 549 g/mol. The molecule has 4 atom stereocenters. The lowest BCUT2D eigenvalue weighted by atomic mass is 10.0. The van der Waals surface area contributed by atoms with Crippen LogP contribution < -0.4 is 33.2 Å². The van der Waals surface area contributed by atoms with Gasteiger partial charge in [0.15, 0.2) is 0 Å². The first-order valence-electron chi connectivity index (χ1n) is 11.5. The van der Waals surface area contributed by atoms with Gasteiger partial charge in [-0.2, -0.15) is 12.6 Å². The number of aliphatic carboxylic acids is 1. The van der Waals surface area contributed by atoms with Crippen LogP contribution in [0.25, 0.3) is 10.9 Å². The van der Waals surface area contributed by atoms with Crippen molar-refractivity contribution in [1.82, 2.24) is 20.9 Å². The second-order valence-corrected chi connectivity index (χ2v) is 8.92. The van der Waals surface area contributed by atoms with Crippen molar-refractivity contribution in [2.45, 2.75) is 49.9 Å². The molecule has 0 aliphatic rings. The summed E-state index contributed by atoms with van der Waals surface area (Å²) in [5, 5.41) is 17.1. The van der Waals surface area contributed by atoms with Gasteiger partial charge in [0.2, 0.25) is 29.5 Å². The molecule has 0 fully saturated rings. The zero-order valence-electron chi connectivity index (χ0n) is 20.3. The van der Waals surface area contributed by atoms with Crippen molar-refractivity contribution in [2.24, 2.45) is 17.2 Å². The standard InChI is InChI=1S/C23H31N7O7S/c24-13(7-11-9-27-14-4-2-1-3-12(11)14)20(33)30-17(10-38)22(35)28-15(5-6-18(25)31)21(34)29-16(23(36)37)8-19(26)32/h1-4,9,13,15-17,27,38H,5-8,10,24H2,(H2,25,31)(H2,26,32)(H,28,35)(H,29,34)(H,30,33)(H,36,37). The average molecular weight is 550 g/mol. The molecule has 0 aliphatic heterocycles. The molecule has 0 radical (unpaired) electrons. The average Bonchev–Trinajstić information content (AvgIpc) is 3.26. The molecule has 38 heavy (non-hydrogen) atoms. The van der Waals surface area contributed by atoms with Gasteiger partial charge in [-0.1, -0.05) is 18.2 Å². The molecule has 14 nitrogen and oxygen atoms in total. The van der Waals surface area contributed by atoms with E-state index in [1.165, 1.54) is 0 Å². The molecule has 0 saturated heterocycles. The van der Waals surface area contributed by atoms with Crippen molar-refractivity contribution in [3.05, 3.63) is 36.0 Å². The van der Waals surface area contributed by atoms with Gasteiger partial charge in [-0.25, -0.2) is 4.79 Å². The number of carbonyl (C=O) groups is 6. The van der Waals surface area contributed by atoms with E-state index in [4.69, 9.17) is 17.2 Å². The maximum atomic E-state index is 12.9. The quantitative estimate of drug-likeness (QED) is 0.108. The number of H-pyrrole nitrogens is 1. The molecular weight excluding hydrogens is 518 g/mol. The molecule has 1 aromatic heterocycles. The van der Waals surface area contributed by atoms with Crippen LogP contribution in [0.15, 0.2) is 30.5 Å². The Hall–Kier alpha value is -4.11. The highest BCUT2D eigenvalue weighted by atomic mass is 32.1. The Balaban J connectivity index is 2.07. The van der Waals surface area contributed by atoms with Crippen molar-refractivity contribution in [2.75, 3.05) is 5.75 Å². The number of carbonyl (C=O) groups excluding carboxylic acids is 5. The number of hydrogen-bond donors (Lipinski definition) is 9. The van der Waals surface area contributed by atoms with Crippen LogP contribution >= 0.6 is 12.6 Å². The number of carboxylic acid groups (broad SMARTS) is 1. The van der Waals surface area contributed by atoms with Gasteiger partial charge in [0.1, 0.15) is 18.1 Å². The van der Waals surface area contributed by atoms with Crippen molar-refractivity contribution in [3.8, 4) is 0 Å². The van der Waals surface area contributed by atoms with E-state index in [0.29, 0.717) is 0 Å². The van der Waals surface area contributed by atoms with Crippen LogP contribution in [0.5, 0.6) is 0 Å². The number of hydrogen-bond acceptors (Lipinski definition) is 8. The van der Waals surface area contributed by atoms with E-state index in [1.807, 2.05) is 24.3 Å². The number of amides is 5. The van der Waals surface area contributed by atoms with Gasteiger partial charge in [-0.05, 0) is 24.5 Å². The predicted molar refractivity (Wildman–Crippen MR) is 139 cm³/mol. The van der Waals surface area contributed by atoms with Crippen LogP contribution in [0.3, 0.4) is 0 Å². The van der Waals surface area contributed by atoms with E-state index in [0.717, 1.165) is 16.5 Å². The van der Waals surface area contributed by atoms with Crippen LogP contribution in [0, 0.1) is 0 Å². The molecule has 11 N–H and O–H groups in total. The number of nitrogens with two attached hydrogens (primary N) is 3. The van der Waals surface area contributed by atoms with Crippen LogP contribution in [-0.2, 0) is 35.2 Å². The van der Waals surface area contributed by atoms with Crippen molar-refractivity contribution >= 4 is 59.0 Å². The SMILES string of the molecule is NC(=O)CCC(NC(=O)C(CS)NC(=O)C(N)Cc1c[nH]c2ccccc12)C(=O)NC(CC(N)=O)C(=O)O. The number of carboxylic acids is 1. The highest BCUT2D eigenvalue weighted by Gasteiger charge is 2.30. The minimum atomic E-state index is -1.66. The molecule has 0 spiro atoms. The Morgan fingerprint density at radius 3 is 2.11 bits per heavy atom. The maximum Gasteiger partial charge on any atom is 0.326 e. The van der Waals surface area contributed by atoms with Crippen LogP contribution in [0.4, 0.5) is 0 Å². The Labute approximate surface area is 222 Å².